The van der Waals surface area contributed by atoms with Crippen LogP contribution in [-0.4, -0.2) is 31.1 Å². The molecule has 0 aromatic heterocycles. The van der Waals surface area contributed by atoms with Crippen molar-refractivity contribution in [1.82, 2.24) is 0 Å². The first-order valence-corrected chi connectivity index (χ1v) is 8.36. The molecule has 1 heterocycles. The van der Waals surface area contributed by atoms with Gasteiger partial charge in [0.25, 0.3) is 0 Å². The lowest BCUT2D eigenvalue weighted by Crippen LogP contribution is -2.48. The van der Waals surface area contributed by atoms with E-state index in [-0.39, 0.29) is 31.8 Å². The molecule has 0 fully saturated rings. The number of esters is 2. The minimum absolute atomic E-state index is 0.0351. The zero-order valence-corrected chi connectivity index (χ0v) is 14.4. The highest BCUT2D eigenvalue weighted by atomic mass is 16.5. The van der Waals surface area contributed by atoms with Gasteiger partial charge >= 0.3 is 11.9 Å². The molecule has 0 saturated carbocycles. The first kappa shape index (κ1) is 18.7. The summed E-state index contributed by atoms with van der Waals surface area (Å²) in [6.07, 6.45) is 2.42. The lowest BCUT2D eigenvalue weighted by Gasteiger charge is -2.34. The van der Waals surface area contributed by atoms with Gasteiger partial charge < -0.3 is 14.8 Å². The van der Waals surface area contributed by atoms with Crippen LogP contribution in [0.15, 0.2) is 36.9 Å². The average molecular weight is 345 g/mol. The number of fused-ring (bicyclic) bond motifs is 1. The molecule has 1 atom stereocenters. The third-order valence-electron chi connectivity index (χ3n) is 4.21. The van der Waals surface area contributed by atoms with Crippen molar-refractivity contribution in [3.63, 3.8) is 0 Å². The van der Waals surface area contributed by atoms with E-state index in [1.54, 1.807) is 13.0 Å². The number of anilines is 1. The summed E-state index contributed by atoms with van der Waals surface area (Å²) in [7, 11) is 0. The molecule has 1 aromatic rings. The van der Waals surface area contributed by atoms with Crippen molar-refractivity contribution in [2.45, 2.75) is 32.6 Å². The molecular formula is C19H23NO5. The van der Waals surface area contributed by atoms with Crippen LogP contribution in [0.1, 0.15) is 31.7 Å². The number of carbonyl (C=O) groups excluding carboxylic acids is 3. The second kappa shape index (κ2) is 8.46. The third kappa shape index (κ3) is 4.26. The van der Waals surface area contributed by atoms with Crippen LogP contribution in [0.2, 0.25) is 0 Å². The van der Waals surface area contributed by atoms with Gasteiger partial charge in [-0.3, -0.25) is 14.4 Å². The number of rotatable bonds is 8. The number of para-hydroxylation sites is 1. The quantitative estimate of drug-likeness (QED) is 0.445. The van der Waals surface area contributed by atoms with Gasteiger partial charge in [0.2, 0.25) is 5.91 Å². The van der Waals surface area contributed by atoms with Crippen molar-refractivity contribution >= 4 is 23.5 Å². The number of carbonyl (C=O) groups is 3. The Labute approximate surface area is 147 Å². The number of hydrogen-bond acceptors (Lipinski definition) is 5. The Bertz CT molecular complexity index is 670. The fourth-order valence-corrected chi connectivity index (χ4v) is 2.95. The van der Waals surface area contributed by atoms with Crippen molar-refractivity contribution in [2.24, 2.45) is 5.41 Å². The van der Waals surface area contributed by atoms with E-state index in [1.807, 2.05) is 18.2 Å². The first-order chi connectivity index (χ1) is 12.0. The van der Waals surface area contributed by atoms with Crippen LogP contribution in [0.5, 0.6) is 0 Å². The van der Waals surface area contributed by atoms with Gasteiger partial charge in [-0.15, -0.1) is 0 Å². The molecule has 1 aromatic carbocycles. The van der Waals surface area contributed by atoms with E-state index >= 15 is 0 Å². The summed E-state index contributed by atoms with van der Waals surface area (Å²) in [5.41, 5.74) is 0.225. The molecule has 1 aliphatic heterocycles. The van der Waals surface area contributed by atoms with E-state index in [9.17, 15) is 14.4 Å². The fraction of sp³-hybridized carbons (Fsp3) is 0.421. The zero-order chi connectivity index (χ0) is 18.3. The van der Waals surface area contributed by atoms with Crippen molar-refractivity contribution < 1.29 is 23.9 Å². The summed E-state index contributed by atoms with van der Waals surface area (Å²) in [5.74, 6) is -1.33. The molecule has 1 amide bonds. The molecule has 0 bridgehead atoms. The predicted molar refractivity (Wildman–Crippen MR) is 92.8 cm³/mol. The normalized spacial score (nSPS) is 18.7. The molecule has 0 aliphatic carbocycles. The maximum absolute atomic E-state index is 12.7. The summed E-state index contributed by atoms with van der Waals surface area (Å²) in [6.45, 7) is 5.60. The van der Waals surface area contributed by atoms with E-state index in [2.05, 4.69) is 11.9 Å². The van der Waals surface area contributed by atoms with Crippen molar-refractivity contribution in [1.29, 1.82) is 0 Å². The Morgan fingerprint density at radius 3 is 2.80 bits per heavy atom. The SMILES string of the molecule is C=CCOC(=O)C1(CCCC(=O)OCC)Cc2ccccc2NC1=O. The Kier molecular flexibility index (Phi) is 6.33. The smallest absolute Gasteiger partial charge is 0.322 e. The maximum atomic E-state index is 12.7. The van der Waals surface area contributed by atoms with E-state index < -0.39 is 17.3 Å². The summed E-state index contributed by atoms with van der Waals surface area (Å²) in [4.78, 5) is 36.9. The van der Waals surface area contributed by atoms with Gasteiger partial charge in [0.15, 0.2) is 5.41 Å². The molecule has 0 saturated heterocycles. The summed E-state index contributed by atoms with van der Waals surface area (Å²) >= 11 is 0. The van der Waals surface area contributed by atoms with Crippen LogP contribution in [0.25, 0.3) is 0 Å². The number of nitrogens with one attached hydrogen (secondary N) is 1. The van der Waals surface area contributed by atoms with Crippen molar-refractivity contribution in [2.75, 3.05) is 18.5 Å². The lowest BCUT2D eigenvalue weighted by molar-refractivity contribution is -0.160. The minimum atomic E-state index is -1.34. The molecule has 25 heavy (non-hydrogen) atoms. The van der Waals surface area contributed by atoms with Gasteiger partial charge in [-0.1, -0.05) is 30.9 Å². The van der Waals surface area contributed by atoms with Crippen LogP contribution in [-0.2, 0) is 30.3 Å². The van der Waals surface area contributed by atoms with Gasteiger partial charge in [-0.25, -0.2) is 0 Å². The minimum Gasteiger partial charge on any atom is -0.466 e. The third-order valence-corrected chi connectivity index (χ3v) is 4.21. The van der Waals surface area contributed by atoms with Crippen molar-refractivity contribution in [3.8, 4) is 0 Å². The molecule has 2 rings (SSSR count). The molecule has 1 N–H and O–H groups in total. The Hall–Kier alpha value is -2.63. The van der Waals surface area contributed by atoms with E-state index in [0.29, 0.717) is 18.7 Å². The number of benzene rings is 1. The summed E-state index contributed by atoms with van der Waals surface area (Å²) < 4.78 is 10.1. The standard InChI is InChI=1S/C19H23NO5/c1-3-12-25-18(23)19(11-7-10-16(21)24-4-2)13-14-8-5-6-9-15(14)20-17(19)22/h3,5-6,8-9H,1,4,7,10-13H2,2H3,(H,20,22). The number of amides is 1. The maximum Gasteiger partial charge on any atom is 0.322 e. The lowest BCUT2D eigenvalue weighted by atomic mass is 9.74. The average Bonchev–Trinajstić information content (AvgIpc) is 2.60. The highest BCUT2D eigenvalue weighted by molar-refractivity contribution is 6.11. The van der Waals surface area contributed by atoms with Crippen LogP contribution >= 0.6 is 0 Å². The van der Waals surface area contributed by atoms with Gasteiger partial charge in [0.05, 0.1) is 6.61 Å². The largest absolute Gasteiger partial charge is 0.466 e. The summed E-state index contributed by atoms with van der Waals surface area (Å²) in [6, 6.07) is 7.35. The fourth-order valence-electron chi connectivity index (χ4n) is 2.95. The van der Waals surface area contributed by atoms with E-state index in [1.165, 1.54) is 6.08 Å². The van der Waals surface area contributed by atoms with E-state index in [4.69, 9.17) is 9.47 Å². The van der Waals surface area contributed by atoms with Crippen LogP contribution in [0.4, 0.5) is 5.69 Å². The molecule has 6 nitrogen and oxygen atoms in total. The van der Waals surface area contributed by atoms with E-state index in [0.717, 1.165) is 5.56 Å². The predicted octanol–water partition coefficient (Wildman–Crippen LogP) is 2.63. The molecule has 1 unspecified atom stereocenters. The monoisotopic (exact) mass is 345 g/mol. The topological polar surface area (TPSA) is 81.7 Å². The van der Waals surface area contributed by atoms with Crippen LogP contribution < -0.4 is 5.32 Å². The number of ether oxygens (including phenoxy) is 2. The second-order valence-corrected chi connectivity index (χ2v) is 5.92. The molecule has 0 radical (unpaired) electrons. The molecular weight excluding hydrogens is 322 g/mol. The first-order valence-electron chi connectivity index (χ1n) is 8.36. The Balaban J connectivity index is 2.21. The molecule has 6 heteroatoms. The van der Waals surface area contributed by atoms with Crippen LogP contribution in [0.3, 0.4) is 0 Å². The molecule has 0 spiro atoms. The highest BCUT2D eigenvalue weighted by Crippen LogP contribution is 2.38. The molecule has 134 valence electrons. The summed E-state index contributed by atoms with van der Waals surface area (Å²) in [5, 5.41) is 2.79. The van der Waals surface area contributed by atoms with Gasteiger partial charge in [0, 0.05) is 12.1 Å². The second-order valence-electron chi connectivity index (χ2n) is 5.92. The van der Waals surface area contributed by atoms with Gasteiger partial charge in [0.1, 0.15) is 6.61 Å². The molecule has 1 aliphatic rings. The van der Waals surface area contributed by atoms with Crippen LogP contribution in [0, 0.1) is 5.41 Å². The number of hydrogen-bond donors (Lipinski definition) is 1. The van der Waals surface area contributed by atoms with Crippen molar-refractivity contribution in [3.05, 3.63) is 42.5 Å². The highest BCUT2D eigenvalue weighted by Gasteiger charge is 2.49. The Morgan fingerprint density at radius 2 is 2.08 bits per heavy atom. The Morgan fingerprint density at radius 1 is 1.32 bits per heavy atom. The zero-order valence-electron chi connectivity index (χ0n) is 14.4. The van der Waals surface area contributed by atoms with Gasteiger partial charge in [-0.2, -0.15) is 0 Å². The van der Waals surface area contributed by atoms with Gasteiger partial charge in [-0.05, 0) is 37.8 Å².